The van der Waals surface area contributed by atoms with Crippen LogP contribution in [0.15, 0.2) is 0 Å². The summed E-state index contributed by atoms with van der Waals surface area (Å²) in [5.41, 5.74) is -0.457. The Hall–Kier alpha value is -0.810. The first kappa shape index (κ1) is 15.2. The van der Waals surface area contributed by atoms with Gasteiger partial charge in [-0.25, -0.2) is 4.79 Å². The van der Waals surface area contributed by atoms with E-state index >= 15 is 0 Å². The van der Waals surface area contributed by atoms with E-state index in [0.29, 0.717) is 19.6 Å². The van der Waals surface area contributed by atoms with Crippen molar-refractivity contribution in [3.8, 4) is 0 Å². The Bertz CT molecular complexity index is 262. The summed E-state index contributed by atoms with van der Waals surface area (Å²) < 4.78 is 11.0. The zero-order valence-electron chi connectivity index (χ0n) is 11.6. The summed E-state index contributed by atoms with van der Waals surface area (Å²) in [6.45, 7) is 7.60. The maximum absolute atomic E-state index is 11.9. The van der Waals surface area contributed by atoms with Gasteiger partial charge in [0.1, 0.15) is 5.60 Å². The lowest BCUT2D eigenvalue weighted by Gasteiger charge is -2.34. The van der Waals surface area contributed by atoms with E-state index in [4.69, 9.17) is 14.6 Å². The third-order valence-electron chi connectivity index (χ3n) is 2.69. The molecule has 1 unspecified atom stereocenters. The zero-order chi connectivity index (χ0) is 13.6. The molecule has 106 valence electrons. The van der Waals surface area contributed by atoms with Gasteiger partial charge in [-0.2, -0.15) is 0 Å². The number of carbonyl (C=O) groups is 1. The normalized spacial score (nSPS) is 20.9. The van der Waals surface area contributed by atoms with E-state index in [1.807, 2.05) is 20.8 Å². The average molecular weight is 259 g/mol. The van der Waals surface area contributed by atoms with Gasteiger partial charge in [-0.15, -0.1) is 0 Å². The summed E-state index contributed by atoms with van der Waals surface area (Å²) in [7, 11) is 0. The minimum absolute atomic E-state index is 0.0674. The number of hydrogen-bond acceptors (Lipinski definition) is 4. The molecule has 0 aliphatic carbocycles. The molecular formula is C13H25NO4. The molecule has 5 nitrogen and oxygen atoms in total. The number of piperidine rings is 1. The molecule has 1 aliphatic heterocycles. The highest BCUT2D eigenvalue weighted by Gasteiger charge is 2.27. The molecular weight excluding hydrogens is 234 g/mol. The predicted molar refractivity (Wildman–Crippen MR) is 68.5 cm³/mol. The first-order valence-electron chi connectivity index (χ1n) is 6.63. The highest BCUT2D eigenvalue weighted by Crippen LogP contribution is 2.17. The lowest BCUT2D eigenvalue weighted by Crippen LogP contribution is -2.45. The maximum Gasteiger partial charge on any atom is 0.410 e. The molecule has 0 bridgehead atoms. The Morgan fingerprint density at radius 1 is 1.44 bits per heavy atom. The minimum atomic E-state index is -0.457. The molecule has 0 radical (unpaired) electrons. The number of hydrogen-bond donors (Lipinski definition) is 1. The SMILES string of the molecule is CC(C)(C)OC(=O)N1CCCC(OCCCO)C1. The highest BCUT2D eigenvalue weighted by molar-refractivity contribution is 5.68. The second kappa shape index (κ2) is 6.95. The van der Waals surface area contributed by atoms with Crippen LogP contribution in [0.2, 0.25) is 0 Å². The van der Waals surface area contributed by atoms with E-state index in [1.54, 1.807) is 4.90 Å². The van der Waals surface area contributed by atoms with Crippen LogP contribution in [0, 0.1) is 0 Å². The van der Waals surface area contributed by atoms with Gasteiger partial charge in [-0.3, -0.25) is 0 Å². The molecule has 1 fully saturated rings. The van der Waals surface area contributed by atoms with Crippen molar-refractivity contribution in [1.82, 2.24) is 4.90 Å². The quantitative estimate of drug-likeness (QED) is 0.782. The second-order valence-corrected chi connectivity index (χ2v) is 5.64. The topological polar surface area (TPSA) is 59.0 Å². The molecule has 5 heteroatoms. The van der Waals surface area contributed by atoms with E-state index in [2.05, 4.69) is 0 Å². The van der Waals surface area contributed by atoms with Crippen molar-refractivity contribution in [2.75, 3.05) is 26.3 Å². The molecule has 1 rings (SSSR count). The summed E-state index contributed by atoms with van der Waals surface area (Å²) in [4.78, 5) is 13.6. The van der Waals surface area contributed by atoms with Crippen molar-refractivity contribution < 1.29 is 19.4 Å². The van der Waals surface area contributed by atoms with Gasteiger partial charge in [0.05, 0.1) is 12.6 Å². The maximum atomic E-state index is 11.9. The Labute approximate surface area is 109 Å². The molecule has 18 heavy (non-hydrogen) atoms. The van der Waals surface area contributed by atoms with Crippen LogP contribution >= 0.6 is 0 Å². The number of aliphatic hydroxyl groups is 1. The largest absolute Gasteiger partial charge is 0.444 e. The van der Waals surface area contributed by atoms with Crippen LogP contribution in [0.4, 0.5) is 4.79 Å². The molecule has 0 saturated carbocycles. The van der Waals surface area contributed by atoms with Crippen LogP contribution in [-0.4, -0.2) is 54.1 Å². The number of aliphatic hydroxyl groups excluding tert-OH is 1. The summed E-state index contributed by atoms with van der Waals surface area (Å²) in [6.07, 6.45) is 2.34. The van der Waals surface area contributed by atoms with Crippen molar-refractivity contribution in [1.29, 1.82) is 0 Å². The third kappa shape index (κ3) is 5.69. The van der Waals surface area contributed by atoms with E-state index in [-0.39, 0.29) is 18.8 Å². The van der Waals surface area contributed by atoms with Crippen molar-refractivity contribution in [2.24, 2.45) is 0 Å². The van der Waals surface area contributed by atoms with Gasteiger partial charge in [-0.05, 0) is 40.0 Å². The zero-order valence-corrected chi connectivity index (χ0v) is 11.6. The fourth-order valence-corrected chi connectivity index (χ4v) is 1.88. The van der Waals surface area contributed by atoms with Crippen LogP contribution in [0.25, 0.3) is 0 Å². The van der Waals surface area contributed by atoms with Gasteiger partial charge in [0, 0.05) is 19.8 Å². The van der Waals surface area contributed by atoms with Crippen LogP contribution < -0.4 is 0 Å². The minimum Gasteiger partial charge on any atom is -0.444 e. The highest BCUT2D eigenvalue weighted by atomic mass is 16.6. The van der Waals surface area contributed by atoms with E-state index in [1.165, 1.54) is 0 Å². The summed E-state index contributed by atoms with van der Waals surface area (Å²) >= 11 is 0. The number of amides is 1. The second-order valence-electron chi connectivity index (χ2n) is 5.64. The number of likely N-dealkylation sites (tertiary alicyclic amines) is 1. The van der Waals surface area contributed by atoms with Gasteiger partial charge < -0.3 is 19.5 Å². The molecule has 0 aromatic heterocycles. The van der Waals surface area contributed by atoms with Crippen molar-refractivity contribution in [3.05, 3.63) is 0 Å². The van der Waals surface area contributed by atoms with Gasteiger partial charge in [0.25, 0.3) is 0 Å². The molecule has 1 aliphatic rings. The molecule has 1 heterocycles. The summed E-state index contributed by atoms with van der Waals surface area (Å²) in [5.74, 6) is 0. The number of nitrogens with zero attached hydrogens (tertiary/aromatic N) is 1. The summed E-state index contributed by atoms with van der Waals surface area (Å²) in [6, 6.07) is 0. The standard InChI is InChI=1S/C13H25NO4/c1-13(2,3)18-12(16)14-7-4-6-11(10-14)17-9-5-8-15/h11,15H,4-10H2,1-3H3. The fraction of sp³-hybridized carbons (Fsp3) is 0.923. The van der Waals surface area contributed by atoms with E-state index < -0.39 is 5.60 Å². The molecule has 1 atom stereocenters. The first-order chi connectivity index (χ1) is 8.42. The van der Waals surface area contributed by atoms with Crippen molar-refractivity contribution in [3.63, 3.8) is 0 Å². The molecule has 0 aromatic rings. The van der Waals surface area contributed by atoms with Crippen LogP contribution in [0.1, 0.15) is 40.0 Å². The molecule has 0 aromatic carbocycles. The number of carbonyl (C=O) groups excluding carboxylic acids is 1. The molecule has 1 N–H and O–H groups in total. The van der Waals surface area contributed by atoms with E-state index in [0.717, 1.165) is 19.4 Å². The Morgan fingerprint density at radius 2 is 2.17 bits per heavy atom. The average Bonchev–Trinajstić information content (AvgIpc) is 2.27. The fourth-order valence-electron chi connectivity index (χ4n) is 1.88. The van der Waals surface area contributed by atoms with E-state index in [9.17, 15) is 4.79 Å². The number of rotatable bonds is 4. The molecule has 1 amide bonds. The molecule has 0 spiro atoms. The summed E-state index contributed by atoms with van der Waals surface area (Å²) in [5, 5.41) is 8.70. The lowest BCUT2D eigenvalue weighted by atomic mass is 10.1. The third-order valence-corrected chi connectivity index (χ3v) is 2.69. The lowest BCUT2D eigenvalue weighted by molar-refractivity contribution is -0.0227. The van der Waals surface area contributed by atoms with Crippen molar-refractivity contribution in [2.45, 2.75) is 51.7 Å². The Kier molecular flexibility index (Phi) is 5.88. The van der Waals surface area contributed by atoms with Gasteiger partial charge in [0.15, 0.2) is 0 Å². The van der Waals surface area contributed by atoms with Gasteiger partial charge in [-0.1, -0.05) is 0 Å². The van der Waals surface area contributed by atoms with Gasteiger partial charge in [0.2, 0.25) is 0 Å². The Morgan fingerprint density at radius 3 is 2.78 bits per heavy atom. The Balaban J connectivity index is 2.36. The van der Waals surface area contributed by atoms with Crippen LogP contribution in [-0.2, 0) is 9.47 Å². The molecule has 1 saturated heterocycles. The smallest absolute Gasteiger partial charge is 0.410 e. The van der Waals surface area contributed by atoms with Crippen molar-refractivity contribution >= 4 is 6.09 Å². The monoisotopic (exact) mass is 259 g/mol. The first-order valence-corrected chi connectivity index (χ1v) is 6.63. The predicted octanol–water partition coefficient (Wildman–Crippen LogP) is 1.78. The number of ether oxygens (including phenoxy) is 2. The van der Waals surface area contributed by atoms with Crippen LogP contribution in [0.3, 0.4) is 0 Å². The van der Waals surface area contributed by atoms with Crippen LogP contribution in [0.5, 0.6) is 0 Å². The van der Waals surface area contributed by atoms with Gasteiger partial charge >= 0.3 is 6.09 Å².